The Hall–Kier alpha value is -3.26. The van der Waals surface area contributed by atoms with Crippen LogP contribution in [-0.2, 0) is 14.3 Å². The number of ether oxygens (including phenoxy) is 4. The lowest BCUT2D eigenvalue weighted by Gasteiger charge is -2.30. The summed E-state index contributed by atoms with van der Waals surface area (Å²) in [4.78, 5) is 31.0. The predicted octanol–water partition coefficient (Wildman–Crippen LogP) is 4.39. The van der Waals surface area contributed by atoms with Crippen LogP contribution in [-0.4, -0.2) is 68.4 Å². The number of benzene rings is 2. The van der Waals surface area contributed by atoms with Gasteiger partial charge in [-0.2, -0.15) is 0 Å². The molecule has 0 aliphatic carbocycles. The summed E-state index contributed by atoms with van der Waals surface area (Å²) in [6.45, 7) is 8.59. The largest absolute Gasteiger partial charge is 0.497 e. The van der Waals surface area contributed by atoms with Crippen LogP contribution < -0.4 is 14.2 Å². The molecule has 0 bridgehead atoms. The Morgan fingerprint density at radius 2 is 1.76 bits per heavy atom. The van der Waals surface area contributed by atoms with Crippen molar-refractivity contribution in [1.82, 2.24) is 9.80 Å². The lowest BCUT2D eigenvalue weighted by atomic mass is 9.82. The molecular formula is C29H38N2O6. The number of likely N-dealkylation sites (tertiary alicyclic amines) is 1. The van der Waals surface area contributed by atoms with E-state index < -0.39 is 5.92 Å². The highest BCUT2D eigenvalue weighted by atomic mass is 16.7. The van der Waals surface area contributed by atoms with Gasteiger partial charge in [-0.3, -0.25) is 14.5 Å². The molecule has 1 fully saturated rings. The maximum absolute atomic E-state index is 13.5. The first-order valence-corrected chi connectivity index (χ1v) is 13.2. The highest BCUT2D eigenvalue weighted by molar-refractivity contribution is 5.80. The van der Waals surface area contributed by atoms with Crippen LogP contribution in [0.4, 0.5) is 0 Å². The van der Waals surface area contributed by atoms with Gasteiger partial charge in [-0.05, 0) is 55.7 Å². The van der Waals surface area contributed by atoms with Crippen molar-refractivity contribution < 1.29 is 28.5 Å². The van der Waals surface area contributed by atoms with Crippen LogP contribution in [0.15, 0.2) is 42.5 Å². The number of amides is 1. The molecule has 0 unspecified atom stereocenters. The lowest BCUT2D eigenvalue weighted by molar-refractivity contribution is -0.150. The zero-order valence-electron chi connectivity index (χ0n) is 22.3. The Labute approximate surface area is 219 Å². The number of methoxy groups -OCH3 is 1. The minimum atomic E-state index is -0.493. The molecule has 2 heterocycles. The number of esters is 1. The first-order chi connectivity index (χ1) is 18.0. The van der Waals surface area contributed by atoms with Crippen LogP contribution in [0.3, 0.4) is 0 Å². The molecule has 8 nitrogen and oxygen atoms in total. The fourth-order valence-corrected chi connectivity index (χ4v) is 5.38. The van der Waals surface area contributed by atoms with E-state index in [2.05, 4.69) is 11.8 Å². The molecule has 1 amide bonds. The number of hydrogen-bond donors (Lipinski definition) is 0. The van der Waals surface area contributed by atoms with Crippen LogP contribution >= 0.6 is 0 Å². The molecule has 0 saturated carbocycles. The molecule has 200 valence electrons. The zero-order valence-corrected chi connectivity index (χ0v) is 22.3. The van der Waals surface area contributed by atoms with Crippen LogP contribution in [0, 0.1) is 5.92 Å². The third-order valence-corrected chi connectivity index (χ3v) is 7.29. The van der Waals surface area contributed by atoms with Gasteiger partial charge in [0.05, 0.1) is 26.2 Å². The van der Waals surface area contributed by atoms with Crippen LogP contribution in [0.5, 0.6) is 17.2 Å². The standard InChI is InChI=1S/C29H38N2O6/c1-5-8-15-30(6-2)26(32)18-31-17-23(21-11-14-24-25(16-21)37-19-36-24)27(29(33)35-7-3)28(31)20-9-12-22(34-4)13-10-20/h9-14,16,23,27-28H,5-8,15,17-19H2,1-4H3/t23-,27-,28+/m1/s1. The molecule has 2 aliphatic rings. The van der Waals surface area contributed by atoms with Crippen LogP contribution in [0.25, 0.3) is 0 Å². The summed E-state index contributed by atoms with van der Waals surface area (Å²) in [5.41, 5.74) is 1.92. The summed E-state index contributed by atoms with van der Waals surface area (Å²) in [6.07, 6.45) is 1.99. The molecule has 0 spiro atoms. The SMILES string of the molecule is CCCCN(CC)C(=O)CN1C[C@H](c2ccc3c(c2)OCO3)[C@@H](C(=O)OCC)[C@@H]1c1ccc(OC)cc1. The smallest absolute Gasteiger partial charge is 0.311 e. The number of fused-ring (bicyclic) bond motifs is 1. The topological polar surface area (TPSA) is 77.5 Å². The van der Waals surface area contributed by atoms with Crippen molar-refractivity contribution in [1.29, 1.82) is 0 Å². The van der Waals surface area contributed by atoms with Crippen molar-refractivity contribution in [2.75, 3.05) is 46.7 Å². The second-order valence-corrected chi connectivity index (χ2v) is 9.47. The number of rotatable bonds is 11. The summed E-state index contributed by atoms with van der Waals surface area (Å²) in [6, 6.07) is 13.2. The van der Waals surface area contributed by atoms with E-state index in [9.17, 15) is 9.59 Å². The molecular weight excluding hydrogens is 472 g/mol. The molecule has 0 radical (unpaired) electrons. The van der Waals surface area contributed by atoms with Gasteiger partial charge >= 0.3 is 5.97 Å². The van der Waals surface area contributed by atoms with Gasteiger partial charge in [0.1, 0.15) is 5.75 Å². The van der Waals surface area contributed by atoms with E-state index in [1.165, 1.54) is 0 Å². The van der Waals surface area contributed by atoms with E-state index in [1.54, 1.807) is 7.11 Å². The molecule has 3 atom stereocenters. The van der Waals surface area contributed by atoms with E-state index in [0.717, 1.165) is 36.3 Å². The van der Waals surface area contributed by atoms with E-state index in [0.29, 0.717) is 24.6 Å². The predicted molar refractivity (Wildman–Crippen MR) is 140 cm³/mol. The Morgan fingerprint density at radius 3 is 2.43 bits per heavy atom. The van der Waals surface area contributed by atoms with Crippen molar-refractivity contribution in [2.45, 2.75) is 45.6 Å². The van der Waals surface area contributed by atoms with Gasteiger partial charge in [-0.25, -0.2) is 0 Å². The molecule has 1 saturated heterocycles. The molecule has 2 aromatic carbocycles. The maximum atomic E-state index is 13.5. The van der Waals surface area contributed by atoms with Gasteiger partial charge in [-0.1, -0.05) is 31.5 Å². The van der Waals surface area contributed by atoms with Crippen molar-refractivity contribution in [3.05, 3.63) is 53.6 Å². The third kappa shape index (κ3) is 5.85. The number of nitrogens with zero attached hydrogens (tertiary/aromatic N) is 2. The number of carbonyl (C=O) groups excluding carboxylic acids is 2. The van der Waals surface area contributed by atoms with Gasteiger partial charge < -0.3 is 23.8 Å². The van der Waals surface area contributed by atoms with Crippen LogP contribution in [0.2, 0.25) is 0 Å². The maximum Gasteiger partial charge on any atom is 0.311 e. The van der Waals surface area contributed by atoms with Gasteiger partial charge in [0.15, 0.2) is 11.5 Å². The van der Waals surface area contributed by atoms with E-state index in [1.807, 2.05) is 61.2 Å². The second-order valence-electron chi connectivity index (χ2n) is 9.47. The normalized spacial score (nSPS) is 20.6. The Balaban J connectivity index is 1.72. The van der Waals surface area contributed by atoms with Crippen molar-refractivity contribution in [3.8, 4) is 17.2 Å². The summed E-state index contributed by atoms with van der Waals surface area (Å²) in [5.74, 6) is 1.24. The number of unbranched alkanes of at least 4 members (excludes halogenated alkanes) is 1. The third-order valence-electron chi connectivity index (χ3n) is 7.29. The van der Waals surface area contributed by atoms with E-state index in [4.69, 9.17) is 18.9 Å². The molecule has 0 aromatic heterocycles. The van der Waals surface area contributed by atoms with Crippen molar-refractivity contribution >= 4 is 11.9 Å². The lowest BCUT2D eigenvalue weighted by Crippen LogP contribution is -2.41. The first-order valence-electron chi connectivity index (χ1n) is 13.2. The minimum Gasteiger partial charge on any atom is -0.497 e. The highest BCUT2D eigenvalue weighted by Gasteiger charge is 2.49. The summed E-state index contributed by atoms with van der Waals surface area (Å²) < 4.78 is 22.1. The van der Waals surface area contributed by atoms with Gasteiger partial charge in [0, 0.05) is 31.6 Å². The van der Waals surface area contributed by atoms with Crippen molar-refractivity contribution in [3.63, 3.8) is 0 Å². The average Bonchev–Trinajstić information content (AvgIpc) is 3.53. The minimum absolute atomic E-state index is 0.0726. The van der Waals surface area contributed by atoms with Crippen LogP contribution in [0.1, 0.15) is 56.7 Å². The monoisotopic (exact) mass is 510 g/mol. The number of carbonyl (C=O) groups is 2. The van der Waals surface area contributed by atoms with Crippen molar-refractivity contribution in [2.24, 2.45) is 5.92 Å². The summed E-state index contributed by atoms with van der Waals surface area (Å²) in [5, 5.41) is 0. The fourth-order valence-electron chi connectivity index (χ4n) is 5.38. The van der Waals surface area contributed by atoms with Gasteiger partial charge in [-0.15, -0.1) is 0 Å². The molecule has 4 rings (SSSR count). The highest BCUT2D eigenvalue weighted by Crippen LogP contribution is 2.48. The van der Waals surface area contributed by atoms with Gasteiger partial charge in [0.2, 0.25) is 12.7 Å². The van der Waals surface area contributed by atoms with E-state index in [-0.39, 0.29) is 43.8 Å². The molecule has 2 aliphatic heterocycles. The molecule has 0 N–H and O–H groups in total. The van der Waals surface area contributed by atoms with E-state index >= 15 is 0 Å². The Kier molecular flexibility index (Phi) is 8.92. The summed E-state index contributed by atoms with van der Waals surface area (Å²) in [7, 11) is 1.63. The average molecular weight is 511 g/mol. The van der Waals surface area contributed by atoms with Gasteiger partial charge in [0.25, 0.3) is 0 Å². The number of likely N-dealkylation sites (N-methyl/N-ethyl adjacent to an activating group) is 1. The first kappa shape index (κ1) is 26.8. The Bertz CT molecular complexity index is 1070. The fraction of sp³-hybridized carbons (Fsp3) is 0.517. The quantitative estimate of drug-likeness (QED) is 0.415. The zero-order chi connectivity index (χ0) is 26.4. The number of hydrogen-bond acceptors (Lipinski definition) is 7. The summed E-state index contributed by atoms with van der Waals surface area (Å²) >= 11 is 0. The molecule has 2 aromatic rings. The second kappa shape index (κ2) is 12.3. The molecule has 8 heteroatoms. The molecule has 37 heavy (non-hydrogen) atoms. The Morgan fingerprint density at radius 1 is 1.03 bits per heavy atom.